The second kappa shape index (κ2) is 4.82. The van der Waals surface area contributed by atoms with E-state index in [0.717, 1.165) is 22.6 Å². The highest BCUT2D eigenvalue weighted by Crippen LogP contribution is 2.42. The molecular weight excluding hydrogens is 320 g/mol. The first-order valence-corrected chi connectivity index (χ1v) is 9.09. The number of sulfonamides is 1. The van der Waals surface area contributed by atoms with Crippen molar-refractivity contribution >= 4 is 38.6 Å². The average Bonchev–Trinajstić information content (AvgIpc) is 3.04. The SMILES string of the molecule is CN1C(=O)C(C)(C)c2cc(NS(=O)(=O)c3cccs3)ccc21. The van der Waals surface area contributed by atoms with Gasteiger partial charge in [-0.25, -0.2) is 8.42 Å². The minimum Gasteiger partial charge on any atom is -0.314 e. The fraction of sp³-hybridized carbons (Fsp3) is 0.267. The van der Waals surface area contributed by atoms with Gasteiger partial charge in [0.15, 0.2) is 0 Å². The smallest absolute Gasteiger partial charge is 0.271 e. The van der Waals surface area contributed by atoms with Crippen molar-refractivity contribution in [2.24, 2.45) is 0 Å². The van der Waals surface area contributed by atoms with E-state index in [1.165, 1.54) is 0 Å². The third-order valence-electron chi connectivity index (χ3n) is 3.88. The lowest BCUT2D eigenvalue weighted by Crippen LogP contribution is -2.33. The van der Waals surface area contributed by atoms with Gasteiger partial charge in [0.05, 0.1) is 5.41 Å². The van der Waals surface area contributed by atoms with E-state index in [1.807, 2.05) is 13.8 Å². The standard InChI is InChI=1S/C15H16N2O3S2/c1-15(2)11-9-10(6-7-12(11)17(3)14(15)18)16-22(19,20)13-5-4-8-21-13/h4-9,16H,1-3H3. The number of hydrogen-bond acceptors (Lipinski definition) is 4. The lowest BCUT2D eigenvalue weighted by Gasteiger charge is -2.17. The predicted octanol–water partition coefficient (Wildman–Crippen LogP) is 2.80. The van der Waals surface area contributed by atoms with Crippen LogP contribution in [0, 0.1) is 0 Å². The number of carbonyl (C=O) groups excluding carboxylic acids is 1. The number of thiophene rings is 1. The van der Waals surface area contributed by atoms with E-state index in [4.69, 9.17) is 0 Å². The maximum absolute atomic E-state index is 12.3. The molecule has 0 fully saturated rings. The summed E-state index contributed by atoms with van der Waals surface area (Å²) in [6.45, 7) is 3.68. The molecule has 3 rings (SSSR count). The topological polar surface area (TPSA) is 66.5 Å². The Kier molecular flexibility index (Phi) is 3.30. The molecule has 0 bridgehead atoms. The number of fused-ring (bicyclic) bond motifs is 1. The Labute approximate surface area is 133 Å². The van der Waals surface area contributed by atoms with Gasteiger partial charge in [0.2, 0.25) is 5.91 Å². The number of carbonyl (C=O) groups is 1. The summed E-state index contributed by atoms with van der Waals surface area (Å²) in [6, 6.07) is 8.44. The van der Waals surface area contributed by atoms with Crippen molar-refractivity contribution in [3.63, 3.8) is 0 Å². The predicted molar refractivity (Wildman–Crippen MR) is 88.0 cm³/mol. The number of nitrogens with zero attached hydrogens (tertiary/aromatic N) is 1. The molecule has 2 aromatic rings. The zero-order valence-corrected chi connectivity index (χ0v) is 14.1. The van der Waals surface area contributed by atoms with Gasteiger partial charge in [0.1, 0.15) is 4.21 Å². The largest absolute Gasteiger partial charge is 0.314 e. The summed E-state index contributed by atoms with van der Waals surface area (Å²) in [4.78, 5) is 13.9. The molecular formula is C15H16N2O3S2. The third-order valence-corrected chi connectivity index (χ3v) is 6.66. The highest BCUT2D eigenvalue weighted by atomic mass is 32.2. The summed E-state index contributed by atoms with van der Waals surface area (Å²) in [5.41, 5.74) is 1.44. The van der Waals surface area contributed by atoms with Gasteiger partial charge in [0.25, 0.3) is 10.0 Å². The fourth-order valence-electron chi connectivity index (χ4n) is 2.66. The molecule has 7 heteroatoms. The Balaban J connectivity index is 2.00. The van der Waals surface area contributed by atoms with Crippen molar-refractivity contribution in [3.8, 4) is 0 Å². The summed E-state index contributed by atoms with van der Waals surface area (Å²) >= 11 is 1.16. The normalized spacial score (nSPS) is 16.7. The van der Waals surface area contributed by atoms with Gasteiger partial charge in [-0.3, -0.25) is 9.52 Å². The molecule has 0 saturated heterocycles. The molecule has 5 nitrogen and oxygen atoms in total. The van der Waals surface area contributed by atoms with Gasteiger partial charge < -0.3 is 4.90 Å². The highest BCUT2D eigenvalue weighted by molar-refractivity contribution is 7.94. The van der Waals surface area contributed by atoms with Crippen LogP contribution >= 0.6 is 11.3 Å². The van der Waals surface area contributed by atoms with Crippen LogP contribution in [0.5, 0.6) is 0 Å². The monoisotopic (exact) mass is 336 g/mol. The number of anilines is 2. The van der Waals surface area contributed by atoms with E-state index < -0.39 is 15.4 Å². The molecule has 0 atom stereocenters. The second-order valence-electron chi connectivity index (χ2n) is 5.76. The van der Waals surface area contributed by atoms with Crippen LogP contribution in [-0.4, -0.2) is 21.4 Å². The van der Waals surface area contributed by atoms with Crippen LogP contribution < -0.4 is 9.62 Å². The van der Waals surface area contributed by atoms with Crippen LogP contribution in [0.1, 0.15) is 19.4 Å². The molecule has 2 heterocycles. The Morgan fingerprint density at radius 2 is 1.95 bits per heavy atom. The molecule has 1 N–H and O–H groups in total. The number of amides is 1. The van der Waals surface area contributed by atoms with Crippen LogP contribution in [0.15, 0.2) is 39.9 Å². The van der Waals surface area contributed by atoms with Crippen molar-refractivity contribution in [2.75, 3.05) is 16.7 Å². The molecule has 22 heavy (non-hydrogen) atoms. The van der Waals surface area contributed by atoms with Gasteiger partial charge in [0, 0.05) is 18.4 Å². The van der Waals surface area contributed by atoms with Crippen molar-refractivity contribution in [2.45, 2.75) is 23.5 Å². The molecule has 0 radical (unpaired) electrons. The van der Waals surface area contributed by atoms with Crippen molar-refractivity contribution < 1.29 is 13.2 Å². The van der Waals surface area contributed by atoms with Gasteiger partial charge in [-0.15, -0.1) is 11.3 Å². The quantitative estimate of drug-likeness (QED) is 0.937. The van der Waals surface area contributed by atoms with E-state index >= 15 is 0 Å². The van der Waals surface area contributed by atoms with E-state index in [9.17, 15) is 13.2 Å². The zero-order chi connectivity index (χ0) is 16.1. The van der Waals surface area contributed by atoms with Gasteiger partial charge in [-0.1, -0.05) is 6.07 Å². The summed E-state index contributed by atoms with van der Waals surface area (Å²) in [5, 5.41) is 1.72. The minimum absolute atomic E-state index is 0.000707. The van der Waals surface area contributed by atoms with Crippen molar-refractivity contribution in [1.82, 2.24) is 0 Å². The first-order chi connectivity index (χ1) is 10.2. The third kappa shape index (κ3) is 2.21. The van der Waals surface area contributed by atoms with E-state index in [1.54, 1.807) is 47.7 Å². The molecule has 1 amide bonds. The lowest BCUT2D eigenvalue weighted by molar-refractivity contribution is -0.121. The van der Waals surface area contributed by atoms with Crippen LogP contribution in [0.3, 0.4) is 0 Å². The van der Waals surface area contributed by atoms with Crippen molar-refractivity contribution in [1.29, 1.82) is 0 Å². The summed E-state index contributed by atoms with van der Waals surface area (Å²) in [7, 11) is -1.85. The molecule has 1 aliphatic rings. The Morgan fingerprint density at radius 3 is 2.59 bits per heavy atom. The molecule has 0 saturated carbocycles. The number of nitrogens with one attached hydrogen (secondary N) is 1. The Hall–Kier alpha value is -1.86. The Bertz CT molecular complexity index is 840. The number of hydrogen-bond donors (Lipinski definition) is 1. The van der Waals surface area contributed by atoms with Gasteiger partial charge >= 0.3 is 0 Å². The first kappa shape index (κ1) is 15.1. The maximum Gasteiger partial charge on any atom is 0.271 e. The summed E-state index contributed by atoms with van der Waals surface area (Å²) in [6.07, 6.45) is 0. The van der Waals surface area contributed by atoms with Gasteiger partial charge in [-0.05, 0) is 49.1 Å². The number of benzene rings is 1. The van der Waals surface area contributed by atoms with E-state index in [0.29, 0.717) is 5.69 Å². The molecule has 0 unspecified atom stereocenters. The Morgan fingerprint density at radius 1 is 1.23 bits per heavy atom. The van der Waals surface area contributed by atoms with Crippen molar-refractivity contribution in [3.05, 3.63) is 41.3 Å². The summed E-state index contributed by atoms with van der Waals surface area (Å²) in [5.74, 6) is 0.000707. The van der Waals surface area contributed by atoms with Crippen LogP contribution in [0.2, 0.25) is 0 Å². The van der Waals surface area contributed by atoms with E-state index in [2.05, 4.69) is 4.72 Å². The highest BCUT2D eigenvalue weighted by Gasteiger charge is 2.42. The molecule has 0 spiro atoms. The average molecular weight is 336 g/mol. The summed E-state index contributed by atoms with van der Waals surface area (Å²) < 4.78 is 27.4. The van der Waals surface area contributed by atoms with Crippen LogP contribution in [0.4, 0.5) is 11.4 Å². The minimum atomic E-state index is -3.58. The molecule has 1 aromatic heterocycles. The lowest BCUT2D eigenvalue weighted by atomic mass is 9.86. The van der Waals surface area contributed by atoms with Crippen LogP contribution in [0.25, 0.3) is 0 Å². The number of rotatable bonds is 3. The van der Waals surface area contributed by atoms with E-state index in [-0.39, 0.29) is 10.1 Å². The molecule has 1 aliphatic heterocycles. The number of likely N-dealkylation sites (N-methyl/N-ethyl adjacent to an activating group) is 1. The maximum atomic E-state index is 12.3. The first-order valence-electron chi connectivity index (χ1n) is 6.72. The van der Waals surface area contributed by atoms with Gasteiger partial charge in [-0.2, -0.15) is 0 Å². The zero-order valence-electron chi connectivity index (χ0n) is 12.5. The fourth-order valence-corrected chi connectivity index (χ4v) is 4.70. The molecule has 1 aromatic carbocycles. The molecule has 116 valence electrons. The molecule has 0 aliphatic carbocycles. The van der Waals surface area contributed by atoms with Crippen LogP contribution in [-0.2, 0) is 20.2 Å². The second-order valence-corrected chi connectivity index (χ2v) is 8.62.